The highest BCUT2D eigenvalue weighted by molar-refractivity contribution is 6.30. The molecule has 1 amide bonds. The van der Waals surface area contributed by atoms with Crippen LogP contribution in [0.15, 0.2) is 78.1 Å². The first kappa shape index (κ1) is 23.6. The Bertz CT molecular complexity index is 1020. The van der Waals surface area contributed by atoms with Crippen molar-refractivity contribution in [2.45, 2.75) is 26.4 Å². The van der Waals surface area contributed by atoms with Crippen LogP contribution in [-0.4, -0.2) is 35.7 Å². The molecule has 6 nitrogen and oxygen atoms in total. The van der Waals surface area contributed by atoms with Gasteiger partial charge in [-0.15, -0.1) is 0 Å². The van der Waals surface area contributed by atoms with Gasteiger partial charge in [-0.25, -0.2) is 0 Å². The van der Waals surface area contributed by atoms with Crippen molar-refractivity contribution in [2.75, 3.05) is 18.2 Å². The summed E-state index contributed by atoms with van der Waals surface area (Å²) >= 11 is 5.98. The molecule has 32 heavy (non-hydrogen) atoms. The van der Waals surface area contributed by atoms with Crippen LogP contribution in [0.25, 0.3) is 0 Å². The van der Waals surface area contributed by atoms with Crippen LogP contribution in [0.3, 0.4) is 0 Å². The fourth-order valence-electron chi connectivity index (χ4n) is 3.08. The highest BCUT2D eigenvalue weighted by atomic mass is 35.5. The average molecular weight is 455 g/mol. The molecule has 0 radical (unpaired) electrons. The third-order valence-electron chi connectivity index (χ3n) is 4.81. The third kappa shape index (κ3) is 5.99. The van der Waals surface area contributed by atoms with Crippen LogP contribution in [0.5, 0.6) is 5.75 Å². The van der Waals surface area contributed by atoms with E-state index in [1.54, 1.807) is 68.1 Å². The summed E-state index contributed by atoms with van der Waals surface area (Å²) in [6.07, 6.45) is 3.21. The first-order valence-corrected chi connectivity index (χ1v) is 10.6. The summed E-state index contributed by atoms with van der Waals surface area (Å²) < 4.78 is 11.5. The number of ether oxygens (including phenoxy) is 2. The monoisotopic (exact) mass is 454 g/mol. The van der Waals surface area contributed by atoms with E-state index in [4.69, 9.17) is 21.1 Å². The smallest absolute Gasteiger partial charge is 0.240 e. The molecule has 2 aromatic rings. The lowest BCUT2D eigenvalue weighted by molar-refractivity contribution is -0.125. The molecule has 0 spiro atoms. The van der Waals surface area contributed by atoms with Crippen molar-refractivity contribution in [3.05, 3.63) is 83.7 Å². The molecule has 0 bridgehead atoms. The van der Waals surface area contributed by atoms with Gasteiger partial charge in [-0.3, -0.25) is 14.7 Å². The Hall–Kier alpha value is -3.09. The van der Waals surface area contributed by atoms with E-state index in [0.717, 1.165) is 5.56 Å². The largest absolute Gasteiger partial charge is 0.491 e. The molecule has 1 saturated heterocycles. The number of carbonyl (C=O) groups is 1. The summed E-state index contributed by atoms with van der Waals surface area (Å²) in [5.41, 5.74) is 1.25. The fraction of sp³-hybridized carbons (Fsp3) is 0.280. The minimum atomic E-state index is -0.923. The van der Waals surface area contributed by atoms with Crippen molar-refractivity contribution in [1.82, 2.24) is 0 Å². The quantitative estimate of drug-likeness (QED) is 0.600. The van der Waals surface area contributed by atoms with Crippen LogP contribution >= 0.6 is 11.6 Å². The minimum Gasteiger partial charge on any atom is -0.491 e. The number of benzene rings is 2. The normalized spacial score (nSPS) is 18.5. The zero-order chi connectivity index (χ0) is 23.3. The number of amides is 1. The maximum absolute atomic E-state index is 13.1. The molecule has 1 heterocycles. The number of rotatable bonds is 7. The van der Waals surface area contributed by atoms with Gasteiger partial charge in [-0.2, -0.15) is 0 Å². The summed E-state index contributed by atoms with van der Waals surface area (Å²) in [5, 5.41) is 10.4. The van der Waals surface area contributed by atoms with Crippen LogP contribution in [0.1, 0.15) is 26.3 Å². The lowest BCUT2D eigenvalue weighted by Crippen LogP contribution is -2.43. The maximum Gasteiger partial charge on any atom is 0.240 e. The Balaban J connectivity index is 1.74. The molecule has 1 unspecified atom stereocenters. The predicted octanol–water partition coefficient (Wildman–Crippen LogP) is 4.96. The first-order valence-electron chi connectivity index (χ1n) is 10.2. The van der Waals surface area contributed by atoms with E-state index in [1.807, 2.05) is 12.1 Å². The number of hydrogen-bond donors (Lipinski definition) is 1. The van der Waals surface area contributed by atoms with Gasteiger partial charge in [0.1, 0.15) is 18.1 Å². The molecule has 0 aromatic heterocycles. The molecule has 1 aliphatic rings. The maximum atomic E-state index is 13.1. The topological polar surface area (TPSA) is 71.4 Å². The van der Waals surface area contributed by atoms with E-state index in [1.165, 1.54) is 6.20 Å². The van der Waals surface area contributed by atoms with Crippen molar-refractivity contribution in [2.24, 2.45) is 10.9 Å². The summed E-state index contributed by atoms with van der Waals surface area (Å²) in [6, 6.07) is 14.4. The number of nitrogens with zero attached hydrogens (tertiary/aromatic N) is 2. The Morgan fingerprint density at radius 2 is 1.94 bits per heavy atom. The molecule has 1 aliphatic heterocycles. The standard InChI is InChI=1S/C25H27ClN2O4/c1-5-27-22(18-6-8-19(26)9-7-18)14-23-17(2)24(29)28(16-32-23)20-10-12-21(13-11-20)31-15-25(3,4)30/h5-14,17,30H,1,15-16H2,2-4H3/b23-14+,27-22?. The molecular formula is C25H27ClN2O4. The van der Waals surface area contributed by atoms with Crippen LogP contribution in [-0.2, 0) is 9.53 Å². The van der Waals surface area contributed by atoms with Gasteiger partial charge in [0.15, 0.2) is 6.73 Å². The summed E-state index contributed by atoms with van der Waals surface area (Å²) in [7, 11) is 0. The van der Waals surface area contributed by atoms with E-state index >= 15 is 0 Å². The highest BCUT2D eigenvalue weighted by Gasteiger charge is 2.32. The number of halogens is 1. The van der Waals surface area contributed by atoms with Crippen LogP contribution in [0.4, 0.5) is 5.69 Å². The van der Waals surface area contributed by atoms with E-state index < -0.39 is 11.5 Å². The highest BCUT2D eigenvalue weighted by Crippen LogP contribution is 2.28. The second-order valence-electron chi connectivity index (χ2n) is 8.11. The van der Waals surface area contributed by atoms with Gasteiger partial charge >= 0.3 is 0 Å². The summed E-state index contributed by atoms with van der Waals surface area (Å²) in [4.78, 5) is 19.0. The van der Waals surface area contributed by atoms with Gasteiger partial charge in [0, 0.05) is 28.5 Å². The molecule has 2 aromatic carbocycles. The number of allylic oxidation sites excluding steroid dienone is 1. The third-order valence-corrected chi connectivity index (χ3v) is 5.07. The minimum absolute atomic E-state index is 0.0817. The Kier molecular flexibility index (Phi) is 7.38. The SMILES string of the molecule is C=CN=C(/C=C1/OCN(c2ccc(OCC(C)(C)O)cc2)C(=O)C1C)c1ccc(Cl)cc1. The molecule has 0 aliphatic carbocycles. The van der Waals surface area contributed by atoms with E-state index in [9.17, 15) is 9.90 Å². The van der Waals surface area contributed by atoms with Crippen LogP contribution < -0.4 is 9.64 Å². The van der Waals surface area contributed by atoms with Gasteiger partial charge in [0.25, 0.3) is 0 Å². The molecule has 0 saturated carbocycles. The molecule has 7 heteroatoms. The number of aliphatic imine (C=N–C) groups is 1. The first-order chi connectivity index (χ1) is 15.2. The molecule has 1 N–H and O–H groups in total. The van der Waals surface area contributed by atoms with Crippen molar-refractivity contribution in [3.8, 4) is 5.75 Å². The van der Waals surface area contributed by atoms with E-state index in [0.29, 0.717) is 27.9 Å². The van der Waals surface area contributed by atoms with Crippen molar-refractivity contribution in [3.63, 3.8) is 0 Å². The fourth-order valence-corrected chi connectivity index (χ4v) is 3.21. The number of anilines is 1. The lowest BCUT2D eigenvalue weighted by Gasteiger charge is -2.33. The van der Waals surface area contributed by atoms with Crippen molar-refractivity contribution >= 4 is 28.9 Å². The second kappa shape index (κ2) is 10.0. The lowest BCUT2D eigenvalue weighted by atomic mass is 10.0. The molecule has 168 valence electrons. The van der Waals surface area contributed by atoms with Crippen LogP contribution in [0, 0.1) is 5.92 Å². The Labute approximate surface area is 193 Å². The Morgan fingerprint density at radius 1 is 1.28 bits per heavy atom. The predicted molar refractivity (Wildman–Crippen MR) is 127 cm³/mol. The van der Waals surface area contributed by atoms with E-state index in [2.05, 4.69) is 11.6 Å². The Morgan fingerprint density at radius 3 is 2.53 bits per heavy atom. The van der Waals surface area contributed by atoms with Gasteiger partial charge < -0.3 is 14.6 Å². The summed E-state index contributed by atoms with van der Waals surface area (Å²) in [6.45, 7) is 9.08. The van der Waals surface area contributed by atoms with Gasteiger partial charge in [-0.05, 0) is 57.2 Å². The zero-order valence-corrected chi connectivity index (χ0v) is 19.2. The average Bonchev–Trinajstić information content (AvgIpc) is 2.76. The van der Waals surface area contributed by atoms with Crippen LogP contribution in [0.2, 0.25) is 5.02 Å². The second-order valence-corrected chi connectivity index (χ2v) is 8.54. The van der Waals surface area contributed by atoms with E-state index in [-0.39, 0.29) is 19.2 Å². The van der Waals surface area contributed by atoms with Crippen molar-refractivity contribution in [1.29, 1.82) is 0 Å². The van der Waals surface area contributed by atoms with Gasteiger partial charge in [0.05, 0.1) is 17.2 Å². The van der Waals surface area contributed by atoms with Gasteiger partial charge in [-0.1, -0.05) is 30.3 Å². The molecule has 1 atom stereocenters. The summed E-state index contributed by atoms with van der Waals surface area (Å²) in [5.74, 6) is 0.578. The zero-order valence-electron chi connectivity index (χ0n) is 18.4. The number of aliphatic hydroxyl groups is 1. The van der Waals surface area contributed by atoms with Crippen molar-refractivity contribution < 1.29 is 19.4 Å². The van der Waals surface area contributed by atoms with Gasteiger partial charge in [0.2, 0.25) is 5.91 Å². The number of carbonyl (C=O) groups excluding carboxylic acids is 1. The molecular weight excluding hydrogens is 428 g/mol. The molecule has 1 fully saturated rings. The molecule has 3 rings (SSSR count). The number of hydrogen-bond acceptors (Lipinski definition) is 5.